The van der Waals surface area contributed by atoms with Crippen LogP contribution in [0.1, 0.15) is 66.7 Å². The Kier molecular flexibility index (Phi) is 7.05. The molecule has 3 rings (SSSR count). The Bertz CT molecular complexity index is 690. The smallest absolute Gasteiger partial charge is 0.308 e. The fraction of sp³-hybridized carbons (Fsp3) is 0.800. The van der Waals surface area contributed by atoms with Crippen molar-refractivity contribution in [2.75, 3.05) is 0 Å². The number of hydrogen-bond acceptors (Lipinski definition) is 4. The molecular formula is C25H42O4Si. The van der Waals surface area contributed by atoms with Crippen LogP contribution in [0.3, 0.4) is 0 Å². The number of cyclic esters (lactones) is 1. The fourth-order valence-corrected chi connectivity index (χ4v) is 6.58. The number of aliphatic hydroxyl groups excluding tert-OH is 1. The summed E-state index contributed by atoms with van der Waals surface area (Å²) in [6.07, 6.45) is 10.3. The predicted octanol–water partition coefficient (Wildman–Crippen LogP) is 5.63. The highest BCUT2D eigenvalue weighted by Gasteiger charge is 2.42. The van der Waals surface area contributed by atoms with E-state index < -0.39 is 8.32 Å². The summed E-state index contributed by atoms with van der Waals surface area (Å²) in [5.41, 5.74) is 1.30. The van der Waals surface area contributed by atoms with Gasteiger partial charge >= 0.3 is 5.97 Å². The first-order valence-electron chi connectivity index (χ1n) is 11.8. The van der Waals surface area contributed by atoms with Gasteiger partial charge in [0.05, 0.1) is 18.6 Å². The van der Waals surface area contributed by atoms with E-state index in [9.17, 15) is 9.90 Å². The molecule has 0 aromatic carbocycles. The number of rotatable bonds is 5. The van der Waals surface area contributed by atoms with Crippen LogP contribution in [0.5, 0.6) is 0 Å². The van der Waals surface area contributed by atoms with Crippen molar-refractivity contribution in [2.45, 2.75) is 103 Å². The Labute approximate surface area is 184 Å². The highest BCUT2D eigenvalue weighted by Crippen LogP contribution is 2.44. The van der Waals surface area contributed by atoms with Gasteiger partial charge in [0.15, 0.2) is 8.32 Å². The molecule has 0 saturated carbocycles. The highest BCUT2D eigenvalue weighted by atomic mass is 28.4. The minimum atomic E-state index is -1.91. The van der Waals surface area contributed by atoms with E-state index in [2.05, 4.69) is 65.9 Å². The van der Waals surface area contributed by atoms with Crippen LogP contribution in [0.15, 0.2) is 23.8 Å². The molecule has 1 heterocycles. The summed E-state index contributed by atoms with van der Waals surface area (Å²) in [5, 5.41) is 10.9. The Hall–Kier alpha value is -0.913. The van der Waals surface area contributed by atoms with E-state index in [4.69, 9.17) is 9.16 Å². The fourth-order valence-electron chi connectivity index (χ4n) is 5.21. The summed E-state index contributed by atoms with van der Waals surface area (Å²) in [6.45, 7) is 15.6. The predicted molar refractivity (Wildman–Crippen MR) is 124 cm³/mol. The van der Waals surface area contributed by atoms with E-state index in [1.807, 2.05) is 0 Å². The summed E-state index contributed by atoms with van der Waals surface area (Å²) >= 11 is 0. The maximum Gasteiger partial charge on any atom is 0.308 e. The molecule has 5 heteroatoms. The number of carbonyl (C=O) groups excluding carboxylic acids is 1. The Balaban J connectivity index is 1.64. The second kappa shape index (κ2) is 8.91. The standard InChI is InChI=1S/C25H42O4Si/c1-16-12-18-9-8-17(2)21(24(18)22(26)13-16)11-10-19-14-20(15-23(27)28-19)29-30(6,7)25(3,4)5/h8-9,12,16-17,19-22,24,26H,10-11,13-15H2,1-7H3. The van der Waals surface area contributed by atoms with Crippen molar-refractivity contribution in [3.8, 4) is 0 Å². The zero-order valence-corrected chi connectivity index (χ0v) is 21.0. The lowest BCUT2D eigenvalue weighted by Crippen LogP contribution is -2.47. The molecule has 3 aliphatic rings. The lowest BCUT2D eigenvalue weighted by molar-refractivity contribution is -0.160. The van der Waals surface area contributed by atoms with E-state index in [1.165, 1.54) is 5.57 Å². The molecule has 0 amide bonds. The number of fused-ring (bicyclic) bond motifs is 1. The minimum Gasteiger partial charge on any atom is -0.462 e. The molecule has 0 spiro atoms. The quantitative estimate of drug-likeness (QED) is 0.450. The topological polar surface area (TPSA) is 55.8 Å². The van der Waals surface area contributed by atoms with Crippen LogP contribution in [0, 0.1) is 23.7 Å². The van der Waals surface area contributed by atoms with Gasteiger partial charge < -0.3 is 14.3 Å². The number of allylic oxidation sites excluding steroid dienone is 3. The molecule has 30 heavy (non-hydrogen) atoms. The Morgan fingerprint density at radius 2 is 1.90 bits per heavy atom. The summed E-state index contributed by atoms with van der Waals surface area (Å²) in [6, 6.07) is 0. The van der Waals surface area contributed by atoms with Gasteiger partial charge in [-0.25, -0.2) is 0 Å². The van der Waals surface area contributed by atoms with E-state index in [0.29, 0.717) is 24.2 Å². The Morgan fingerprint density at radius 1 is 1.20 bits per heavy atom. The third-order valence-corrected chi connectivity index (χ3v) is 12.5. The molecule has 2 aliphatic carbocycles. The first-order chi connectivity index (χ1) is 13.9. The van der Waals surface area contributed by atoms with Crippen molar-refractivity contribution in [1.82, 2.24) is 0 Å². The van der Waals surface area contributed by atoms with Crippen molar-refractivity contribution in [2.24, 2.45) is 23.7 Å². The molecule has 0 radical (unpaired) electrons. The van der Waals surface area contributed by atoms with Gasteiger partial charge in [0.2, 0.25) is 0 Å². The van der Waals surface area contributed by atoms with Crippen molar-refractivity contribution in [3.63, 3.8) is 0 Å². The molecule has 0 bridgehead atoms. The number of aliphatic hydroxyl groups is 1. The molecule has 1 saturated heterocycles. The van der Waals surface area contributed by atoms with Crippen molar-refractivity contribution in [3.05, 3.63) is 23.8 Å². The summed E-state index contributed by atoms with van der Waals surface area (Å²) in [5.74, 6) is 1.33. The maximum absolute atomic E-state index is 12.3. The lowest BCUT2D eigenvalue weighted by Gasteiger charge is -2.43. The van der Waals surface area contributed by atoms with Crippen molar-refractivity contribution in [1.29, 1.82) is 0 Å². The molecule has 1 aliphatic heterocycles. The van der Waals surface area contributed by atoms with Gasteiger partial charge in [-0.1, -0.05) is 52.8 Å². The SMILES string of the molecule is CC1C=C2C=CC(C)C(CCC3CC(O[Si](C)(C)C(C)(C)C)CC(=O)O3)C2C(O)C1. The van der Waals surface area contributed by atoms with E-state index in [-0.39, 0.29) is 35.2 Å². The molecule has 1 fully saturated rings. The normalized spacial score (nSPS) is 37.4. The van der Waals surface area contributed by atoms with Crippen LogP contribution in [-0.4, -0.2) is 37.7 Å². The molecule has 0 aromatic heterocycles. The average molecular weight is 435 g/mol. The first-order valence-corrected chi connectivity index (χ1v) is 14.7. The van der Waals surface area contributed by atoms with Crippen LogP contribution in [0.4, 0.5) is 0 Å². The molecular weight excluding hydrogens is 392 g/mol. The minimum absolute atomic E-state index is 0.0302. The van der Waals surface area contributed by atoms with Gasteiger partial charge in [-0.3, -0.25) is 4.79 Å². The highest BCUT2D eigenvalue weighted by molar-refractivity contribution is 6.74. The van der Waals surface area contributed by atoms with Crippen LogP contribution in [-0.2, 0) is 14.0 Å². The number of carbonyl (C=O) groups is 1. The van der Waals surface area contributed by atoms with E-state index in [0.717, 1.165) is 25.7 Å². The second-order valence-corrected chi connectivity index (χ2v) is 16.2. The molecule has 170 valence electrons. The zero-order chi connectivity index (χ0) is 22.3. The summed E-state index contributed by atoms with van der Waals surface area (Å²) in [7, 11) is -1.91. The van der Waals surface area contributed by atoms with E-state index >= 15 is 0 Å². The second-order valence-electron chi connectivity index (χ2n) is 11.5. The molecule has 1 N–H and O–H groups in total. The third-order valence-electron chi connectivity index (χ3n) is 7.93. The molecule has 0 aromatic rings. The number of esters is 1. The number of ether oxygens (including phenoxy) is 1. The van der Waals surface area contributed by atoms with Gasteiger partial charge in [-0.15, -0.1) is 0 Å². The maximum atomic E-state index is 12.3. The van der Waals surface area contributed by atoms with Crippen molar-refractivity contribution >= 4 is 14.3 Å². The van der Waals surface area contributed by atoms with Gasteiger partial charge in [0.1, 0.15) is 6.10 Å². The monoisotopic (exact) mass is 434 g/mol. The van der Waals surface area contributed by atoms with Crippen LogP contribution >= 0.6 is 0 Å². The Morgan fingerprint density at radius 3 is 2.57 bits per heavy atom. The molecule has 7 unspecified atom stereocenters. The van der Waals surface area contributed by atoms with Gasteiger partial charge in [0, 0.05) is 12.3 Å². The van der Waals surface area contributed by atoms with Crippen molar-refractivity contribution < 1.29 is 19.1 Å². The van der Waals surface area contributed by atoms with Crippen LogP contribution < -0.4 is 0 Å². The average Bonchev–Trinajstić information content (AvgIpc) is 2.59. The van der Waals surface area contributed by atoms with Crippen LogP contribution in [0.25, 0.3) is 0 Å². The first kappa shape index (κ1) is 23.7. The van der Waals surface area contributed by atoms with Gasteiger partial charge in [-0.05, 0) is 60.7 Å². The largest absolute Gasteiger partial charge is 0.462 e. The van der Waals surface area contributed by atoms with E-state index in [1.54, 1.807) is 0 Å². The number of hydrogen-bond donors (Lipinski definition) is 1. The van der Waals surface area contributed by atoms with Gasteiger partial charge in [-0.2, -0.15) is 0 Å². The molecule has 7 atom stereocenters. The lowest BCUT2D eigenvalue weighted by atomic mass is 9.65. The zero-order valence-electron chi connectivity index (χ0n) is 20.0. The van der Waals surface area contributed by atoms with Crippen LogP contribution in [0.2, 0.25) is 18.1 Å². The molecule has 4 nitrogen and oxygen atoms in total. The summed E-state index contributed by atoms with van der Waals surface area (Å²) in [4.78, 5) is 12.3. The summed E-state index contributed by atoms with van der Waals surface area (Å²) < 4.78 is 12.3. The third kappa shape index (κ3) is 5.28. The van der Waals surface area contributed by atoms with Gasteiger partial charge in [0.25, 0.3) is 0 Å².